The molecule has 1 aromatic rings. The van der Waals surface area contributed by atoms with Crippen LogP contribution >= 0.6 is 15.9 Å². The highest BCUT2D eigenvalue weighted by Gasteiger charge is 2.38. The molecule has 0 spiro atoms. The molecular formula is C16H23BrN2. The Morgan fingerprint density at radius 3 is 2.89 bits per heavy atom. The van der Waals surface area contributed by atoms with Gasteiger partial charge in [0.1, 0.15) is 0 Å². The molecular weight excluding hydrogens is 300 g/mol. The van der Waals surface area contributed by atoms with Gasteiger partial charge >= 0.3 is 0 Å². The Labute approximate surface area is 124 Å². The highest BCUT2D eigenvalue weighted by atomic mass is 79.9. The van der Waals surface area contributed by atoms with E-state index in [-0.39, 0.29) is 6.04 Å². The topological polar surface area (TPSA) is 29.3 Å². The van der Waals surface area contributed by atoms with Crippen molar-refractivity contribution in [3.8, 4) is 0 Å². The van der Waals surface area contributed by atoms with Crippen molar-refractivity contribution in [1.82, 2.24) is 0 Å². The molecule has 0 aromatic heterocycles. The highest BCUT2D eigenvalue weighted by molar-refractivity contribution is 9.10. The van der Waals surface area contributed by atoms with Crippen LogP contribution < -0.4 is 10.6 Å². The molecule has 3 unspecified atom stereocenters. The molecule has 1 saturated carbocycles. The van der Waals surface area contributed by atoms with Crippen LogP contribution in [0.2, 0.25) is 0 Å². The molecule has 2 fully saturated rings. The van der Waals surface area contributed by atoms with Crippen molar-refractivity contribution >= 4 is 21.6 Å². The molecule has 1 saturated heterocycles. The van der Waals surface area contributed by atoms with Gasteiger partial charge in [-0.05, 0) is 61.8 Å². The average molecular weight is 323 g/mol. The molecule has 2 nitrogen and oxygen atoms in total. The van der Waals surface area contributed by atoms with E-state index in [9.17, 15) is 0 Å². The molecule has 0 radical (unpaired) electrons. The molecule has 1 aliphatic heterocycles. The first-order valence-corrected chi connectivity index (χ1v) is 8.27. The minimum Gasteiger partial charge on any atom is -0.368 e. The van der Waals surface area contributed by atoms with Crippen molar-refractivity contribution in [3.63, 3.8) is 0 Å². The van der Waals surface area contributed by atoms with Crippen LogP contribution in [0.25, 0.3) is 0 Å². The molecule has 1 aromatic carbocycles. The molecule has 0 amide bonds. The molecule has 3 heteroatoms. The standard InChI is InChI=1S/C16H23BrN2/c1-2-14(18)9-12-8-13(17)4-6-16(12)19-10-11-3-5-15(19)7-11/h4,6,8,11,14-15H,2-3,5,7,9-10,18H2,1H3. The van der Waals surface area contributed by atoms with E-state index in [0.29, 0.717) is 0 Å². The fourth-order valence-corrected chi connectivity index (χ4v) is 4.05. The van der Waals surface area contributed by atoms with E-state index in [1.54, 1.807) is 0 Å². The van der Waals surface area contributed by atoms with E-state index in [0.717, 1.165) is 24.8 Å². The monoisotopic (exact) mass is 322 g/mol. The Morgan fingerprint density at radius 1 is 1.42 bits per heavy atom. The summed E-state index contributed by atoms with van der Waals surface area (Å²) in [5.74, 6) is 0.932. The lowest BCUT2D eigenvalue weighted by Crippen LogP contribution is -2.33. The summed E-state index contributed by atoms with van der Waals surface area (Å²) in [6.07, 6.45) is 6.23. The second-order valence-corrected chi connectivity index (χ2v) is 7.05. The smallest absolute Gasteiger partial charge is 0.0402 e. The fraction of sp³-hybridized carbons (Fsp3) is 0.625. The normalized spacial score (nSPS) is 27.0. The van der Waals surface area contributed by atoms with E-state index < -0.39 is 0 Å². The SMILES string of the molecule is CCC(N)Cc1cc(Br)ccc1N1CC2CCC1C2. The first-order valence-electron chi connectivity index (χ1n) is 7.48. The third-order valence-corrected chi connectivity index (χ3v) is 5.26. The largest absolute Gasteiger partial charge is 0.368 e. The van der Waals surface area contributed by atoms with Crippen LogP contribution in [0.1, 0.15) is 38.2 Å². The molecule has 2 aliphatic rings. The number of benzene rings is 1. The zero-order valence-electron chi connectivity index (χ0n) is 11.6. The van der Waals surface area contributed by atoms with Gasteiger partial charge in [-0.1, -0.05) is 22.9 Å². The maximum atomic E-state index is 6.16. The van der Waals surface area contributed by atoms with Crippen LogP contribution in [-0.4, -0.2) is 18.6 Å². The fourth-order valence-electron chi connectivity index (χ4n) is 3.64. The maximum Gasteiger partial charge on any atom is 0.0402 e. The summed E-state index contributed by atoms with van der Waals surface area (Å²) in [6, 6.07) is 7.76. The lowest BCUT2D eigenvalue weighted by Gasteiger charge is -2.31. The Hall–Kier alpha value is -0.540. The highest BCUT2D eigenvalue weighted by Crippen LogP contribution is 2.41. The molecule has 2 bridgehead atoms. The summed E-state index contributed by atoms with van der Waals surface area (Å²) < 4.78 is 1.17. The van der Waals surface area contributed by atoms with Gasteiger partial charge in [0.15, 0.2) is 0 Å². The summed E-state index contributed by atoms with van der Waals surface area (Å²) in [4.78, 5) is 2.64. The summed E-state index contributed by atoms with van der Waals surface area (Å²) in [7, 11) is 0. The third-order valence-electron chi connectivity index (χ3n) is 4.77. The van der Waals surface area contributed by atoms with E-state index in [1.165, 1.54) is 41.5 Å². The van der Waals surface area contributed by atoms with Crippen LogP contribution in [0.5, 0.6) is 0 Å². The molecule has 2 N–H and O–H groups in total. The van der Waals surface area contributed by atoms with E-state index >= 15 is 0 Å². The van der Waals surface area contributed by atoms with Crippen LogP contribution in [-0.2, 0) is 6.42 Å². The predicted octanol–water partition coefficient (Wildman–Crippen LogP) is 3.72. The van der Waals surface area contributed by atoms with Crippen LogP contribution in [0.3, 0.4) is 0 Å². The van der Waals surface area contributed by atoms with Crippen LogP contribution in [0.15, 0.2) is 22.7 Å². The Morgan fingerprint density at radius 2 is 2.26 bits per heavy atom. The zero-order valence-corrected chi connectivity index (χ0v) is 13.2. The zero-order chi connectivity index (χ0) is 13.4. The predicted molar refractivity (Wildman–Crippen MR) is 84.6 cm³/mol. The maximum absolute atomic E-state index is 6.16. The van der Waals surface area contributed by atoms with Gasteiger partial charge in [0.2, 0.25) is 0 Å². The summed E-state index contributed by atoms with van der Waals surface area (Å²) in [5.41, 5.74) is 9.01. The first kappa shape index (κ1) is 13.4. The number of hydrogen-bond acceptors (Lipinski definition) is 2. The molecule has 1 heterocycles. The van der Waals surface area contributed by atoms with Crippen molar-refractivity contribution in [2.24, 2.45) is 11.7 Å². The number of rotatable bonds is 4. The van der Waals surface area contributed by atoms with Gasteiger partial charge in [0.05, 0.1) is 0 Å². The van der Waals surface area contributed by atoms with Crippen molar-refractivity contribution in [2.75, 3.05) is 11.4 Å². The minimum absolute atomic E-state index is 0.271. The Bertz CT molecular complexity index is 460. The van der Waals surface area contributed by atoms with E-state index in [4.69, 9.17) is 5.73 Å². The molecule has 3 rings (SSSR count). The first-order chi connectivity index (χ1) is 9.17. The van der Waals surface area contributed by atoms with E-state index in [2.05, 4.69) is 46.0 Å². The number of nitrogens with two attached hydrogens (primary N) is 1. The van der Waals surface area contributed by atoms with Gasteiger partial charge in [-0.25, -0.2) is 0 Å². The Kier molecular flexibility index (Phi) is 3.86. The quantitative estimate of drug-likeness (QED) is 0.915. The summed E-state index contributed by atoms with van der Waals surface area (Å²) in [6.45, 7) is 3.42. The van der Waals surface area contributed by atoms with Crippen molar-refractivity contribution in [3.05, 3.63) is 28.2 Å². The molecule has 1 aliphatic carbocycles. The van der Waals surface area contributed by atoms with Crippen molar-refractivity contribution in [1.29, 1.82) is 0 Å². The number of anilines is 1. The van der Waals surface area contributed by atoms with Gasteiger partial charge in [0.25, 0.3) is 0 Å². The number of halogens is 1. The number of fused-ring (bicyclic) bond motifs is 2. The van der Waals surface area contributed by atoms with Crippen molar-refractivity contribution in [2.45, 2.75) is 51.1 Å². The van der Waals surface area contributed by atoms with Crippen LogP contribution in [0.4, 0.5) is 5.69 Å². The molecule has 3 atom stereocenters. The average Bonchev–Trinajstić information content (AvgIpc) is 3.01. The minimum atomic E-state index is 0.271. The lowest BCUT2D eigenvalue weighted by atomic mass is 10.0. The molecule has 19 heavy (non-hydrogen) atoms. The second-order valence-electron chi connectivity index (χ2n) is 6.13. The number of hydrogen-bond donors (Lipinski definition) is 1. The van der Waals surface area contributed by atoms with E-state index in [1.807, 2.05) is 0 Å². The Balaban J connectivity index is 1.87. The van der Waals surface area contributed by atoms with Crippen molar-refractivity contribution < 1.29 is 0 Å². The number of piperidine rings is 1. The van der Waals surface area contributed by atoms with Gasteiger partial charge in [-0.15, -0.1) is 0 Å². The second kappa shape index (κ2) is 5.45. The van der Waals surface area contributed by atoms with Gasteiger partial charge < -0.3 is 10.6 Å². The van der Waals surface area contributed by atoms with Gasteiger partial charge in [-0.2, -0.15) is 0 Å². The summed E-state index contributed by atoms with van der Waals surface area (Å²) in [5, 5.41) is 0. The molecule has 104 valence electrons. The third kappa shape index (κ3) is 2.68. The lowest BCUT2D eigenvalue weighted by molar-refractivity contribution is 0.551. The van der Waals surface area contributed by atoms with Crippen LogP contribution in [0, 0.1) is 5.92 Å². The van der Waals surface area contributed by atoms with Gasteiger partial charge in [0, 0.05) is 28.8 Å². The number of nitrogens with zero attached hydrogens (tertiary/aromatic N) is 1. The van der Waals surface area contributed by atoms with Gasteiger partial charge in [-0.3, -0.25) is 0 Å². The summed E-state index contributed by atoms with van der Waals surface area (Å²) >= 11 is 3.60.